The van der Waals surface area contributed by atoms with Gasteiger partial charge in [0, 0.05) is 18.4 Å². The second kappa shape index (κ2) is 8.87. The van der Waals surface area contributed by atoms with Crippen LogP contribution in [0.1, 0.15) is 31.4 Å². The molecule has 5 heteroatoms. The highest BCUT2D eigenvalue weighted by molar-refractivity contribution is 6.00. The number of hydrogen-bond donors (Lipinski definition) is 0. The third-order valence-electron chi connectivity index (χ3n) is 6.12. The van der Waals surface area contributed by atoms with Gasteiger partial charge in [-0.1, -0.05) is 68.4 Å². The first-order valence-corrected chi connectivity index (χ1v) is 10.7. The third-order valence-corrected chi connectivity index (χ3v) is 6.12. The molecule has 0 spiro atoms. The minimum Gasteiger partial charge on any atom is -0.495 e. The predicted molar refractivity (Wildman–Crippen MR) is 124 cm³/mol. The Hall–Kier alpha value is -3.60. The van der Waals surface area contributed by atoms with Gasteiger partial charge in [-0.2, -0.15) is 0 Å². The Balaban J connectivity index is 1.44. The molecule has 0 saturated carbocycles. The van der Waals surface area contributed by atoms with Crippen LogP contribution in [0.5, 0.6) is 11.5 Å². The largest absolute Gasteiger partial charge is 0.495 e. The fourth-order valence-electron chi connectivity index (χ4n) is 4.11. The second-order valence-electron chi connectivity index (χ2n) is 8.51. The monoisotopic (exact) mass is 429 g/mol. The van der Waals surface area contributed by atoms with Crippen molar-refractivity contribution >= 4 is 17.6 Å². The molecule has 3 aromatic carbocycles. The van der Waals surface area contributed by atoms with E-state index in [1.807, 2.05) is 60.7 Å². The van der Waals surface area contributed by atoms with Gasteiger partial charge in [-0.05, 0) is 35.4 Å². The number of hydrogen-bond acceptors (Lipinski definition) is 4. The molecule has 1 aliphatic rings. The molecule has 1 amide bonds. The zero-order valence-electron chi connectivity index (χ0n) is 18.6. The number of benzene rings is 3. The lowest BCUT2D eigenvalue weighted by molar-refractivity contribution is -0.139. The Morgan fingerprint density at radius 1 is 0.906 bits per heavy atom. The maximum Gasteiger partial charge on any atom is 0.316 e. The molecule has 1 fully saturated rings. The normalized spacial score (nSPS) is 16.2. The summed E-state index contributed by atoms with van der Waals surface area (Å²) in [6.07, 6.45) is 0.121. The Labute approximate surface area is 188 Å². The molecule has 0 radical (unpaired) electrons. The maximum atomic E-state index is 12.8. The van der Waals surface area contributed by atoms with Gasteiger partial charge in [0.05, 0.1) is 18.7 Å². The molecule has 5 nitrogen and oxygen atoms in total. The first-order valence-electron chi connectivity index (χ1n) is 10.7. The number of ether oxygens (including phenoxy) is 2. The van der Waals surface area contributed by atoms with Gasteiger partial charge in [0.1, 0.15) is 11.5 Å². The Morgan fingerprint density at radius 2 is 1.53 bits per heavy atom. The first kappa shape index (κ1) is 21.6. The number of rotatable bonds is 6. The summed E-state index contributed by atoms with van der Waals surface area (Å²) in [6, 6.07) is 25.2. The van der Waals surface area contributed by atoms with Crippen LogP contribution in [-0.2, 0) is 15.0 Å². The molecule has 0 unspecified atom stereocenters. The highest BCUT2D eigenvalue weighted by Gasteiger charge is 2.37. The van der Waals surface area contributed by atoms with Crippen LogP contribution in [0.25, 0.3) is 0 Å². The standard InChI is InChI=1S/C27H27NO4/c1-27(2,20-9-5-4-6-10-20)21-13-15-22(16-14-21)32-26(30)19-17-25(29)28(18-19)23-11-7-8-12-24(23)31-3/h4-16,19H,17-18H2,1-3H3/t19-/m1/s1. The van der Waals surface area contributed by atoms with Crippen LogP contribution < -0.4 is 14.4 Å². The molecule has 0 N–H and O–H groups in total. The van der Waals surface area contributed by atoms with Crippen molar-refractivity contribution in [2.75, 3.05) is 18.6 Å². The summed E-state index contributed by atoms with van der Waals surface area (Å²) in [5, 5.41) is 0. The highest BCUT2D eigenvalue weighted by Crippen LogP contribution is 2.34. The zero-order valence-corrected chi connectivity index (χ0v) is 18.6. The van der Waals surface area contributed by atoms with Crippen molar-refractivity contribution in [3.05, 3.63) is 90.0 Å². The lowest BCUT2D eigenvalue weighted by atomic mass is 9.78. The molecule has 0 bridgehead atoms. The minimum atomic E-state index is -0.521. The molecule has 164 valence electrons. The number of nitrogens with zero attached hydrogens (tertiary/aromatic N) is 1. The fraction of sp³-hybridized carbons (Fsp3) is 0.259. The zero-order chi connectivity index (χ0) is 22.7. The summed E-state index contributed by atoms with van der Waals surface area (Å²) < 4.78 is 11.0. The number of carbonyl (C=O) groups is 2. The summed E-state index contributed by atoms with van der Waals surface area (Å²) in [4.78, 5) is 26.9. The molecule has 1 aliphatic heterocycles. The topological polar surface area (TPSA) is 55.8 Å². The van der Waals surface area contributed by atoms with Crippen LogP contribution in [0.2, 0.25) is 0 Å². The van der Waals surface area contributed by atoms with Crippen molar-refractivity contribution in [3.8, 4) is 11.5 Å². The number of methoxy groups -OCH3 is 1. The molecule has 3 aromatic rings. The van der Waals surface area contributed by atoms with E-state index < -0.39 is 11.9 Å². The number of esters is 1. The van der Waals surface area contributed by atoms with Crippen molar-refractivity contribution in [2.45, 2.75) is 25.7 Å². The minimum absolute atomic E-state index is 0.114. The first-order chi connectivity index (χ1) is 15.4. The number of para-hydroxylation sites is 2. The second-order valence-corrected chi connectivity index (χ2v) is 8.51. The van der Waals surface area contributed by atoms with Gasteiger partial charge in [-0.3, -0.25) is 9.59 Å². The summed E-state index contributed by atoms with van der Waals surface area (Å²) in [7, 11) is 1.56. The Morgan fingerprint density at radius 3 is 2.22 bits per heavy atom. The van der Waals surface area contributed by atoms with Crippen LogP contribution in [-0.4, -0.2) is 25.5 Å². The van der Waals surface area contributed by atoms with E-state index in [1.54, 1.807) is 18.1 Å². The predicted octanol–water partition coefficient (Wildman–Crippen LogP) is 4.98. The Kier molecular flexibility index (Phi) is 5.99. The summed E-state index contributed by atoms with van der Waals surface area (Å²) >= 11 is 0. The van der Waals surface area contributed by atoms with Crippen molar-refractivity contribution in [3.63, 3.8) is 0 Å². The highest BCUT2D eigenvalue weighted by atomic mass is 16.5. The van der Waals surface area contributed by atoms with Crippen molar-refractivity contribution in [1.82, 2.24) is 0 Å². The van der Waals surface area contributed by atoms with Crippen LogP contribution in [0.3, 0.4) is 0 Å². The third kappa shape index (κ3) is 4.24. The molecule has 0 aromatic heterocycles. The molecule has 32 heavy (non-hydrogen) atoms. The van der Waals surface area contributed by atoms with E-state index in [1.165, 1.54) is 5.56 Å². The van der Waals surface area contributed by atoms with Crippen molar-refractivity contribution < 1.29 is 19.1 Å². The number of amides is 1. The van der Waals surface area contributed by atoms with Crippen LogP contribution in [0.4, 0.5) is 5.69 Å². The quantitative estimate of drug-likeness (QED) is 0.410. The lowest BCUT2D eigenvalue weighted by Gasteiger charge is -2.26. The van der Waals surface area contributed by atoms with Gasteiger partial charge < -0.3 is 14.4 Å². The summed E-state index contributed by atoms with van der Waals surface area (Å²) in [5.74, 6) is 0.0485. The van der Waals surface area contributed by atoms with Gasteiger partial charge in [-0.25, -0.2) is 0 Å². The van der Waals surface area contributed by atoms with Gasteiger partial charge >= 0.3 is 5.97 Å². The van der Waals surface area contributed by atoms with E-state index in [-0.39, 0.29) is 24.3 Å². The molecular formula is C27H27NO4. The molecule has 0 aliphatic carbocycles. The maximum absolute atomic E-state index is 12.8. The smallest absolute Gasteiger partial charge is 0.316 e. The van der Waals surface area contributed by atoms with Gasteiger partial charge in [0.25, 0.3) is 0 Å². The van der Waals surface area contributed by atoms with E-state index in [4.69, 9.17) is 9.47 Å². The lowest BCUT2D eigenvalue weighted by Crippen LogP contribution is -2.27. The van der Waals surface area contributed by atoms with E-state index in [0.717, 1.165) is 5.56 Å². The molecule has 4 rings (SSSR count). The number of anilines is 1. The van der Waals surface area contributed by atoms with Gasteiger partial charge in [0.15, 0.2) is 0 Å². The summed E-state index contributed by atoms with van der Waals surface area (Å²) in [6.45, 7) is 4.61. The average molecular weight is 430 g/mol. The fourth-order valence-corrected chi connectivity index (χ4v) is 4.11. The van der Waals surface area contributed by atoms with Gasteiger partial charge in [-0.15, -0.1) is 0 Å². The molecular weight excluding hydrogens is 402 g/mol. The average Bonchev–Trinajstić information content (AvgIpc) is 3.21. The Bertz CT molecular complexity index is 1110. The van der Waals surface area contributed by atoms with Crippen LogP contribution >= 0.6 is 0 Å². The SMILES string of the molecule is COc1ccccc1N1C[C@H](C(=O)Oc2ccc(C(C)(C)c3ccccc3)cc2)CC1=O. The number of carbonyl (C=O) groups excluding carboxylic acids is 2. The van der Waals surface area contributed by atoms with Crippen molar-refractivity contribution in [1.29, 1.82) is 0 Å². The summed E-state index contributed by atoms with van der Waals surface area (Å²) in [5.41, 5.74) is 2.84. The van der Waals surface area contributed by atoms with Crippen LogP contribution in [0, 0.1) is 5.92 Å². The van der Waals surface area contributed by atoms with Crippen molar-refractivity contribution in [2.24, 2.45) is 5.92 Å². The van der Waals surface area contributed by atoms with Crippen LogP contribution in [0.15, 0.2) is 78.9 Å². The van der Waals surface area contributed by atoms with E-state index >= 15 is 0 Å². The molecule has 1 saturated heterocycles. The molecule has 1 atom stereocenters. The van der Waals surface area contributed by atoms with Gasteiger partial charge in [0.2, 0.25) is 5.91 Å². The molecule has 1 heterocycles. The van der Waals surface area contributed by atoms with E-state index in [9.17, 15) is 9.59 Å². The van der Waals surface area contributed by atoms with E-state index in [0.29, 0.717) is 17.2 Å². The van der Waals surface area contributed by atoms with E-state index in [2.05, 4.69) is 26.0 Å².